The minimum atomic E-state index is -4.69. The summed E-state index contributed by atoms with van der Waals surface area (Å²) in [5.74, 6) is -4.10. The predicted molar refractivity (Wildman–Crippen MR) is 75.3 cm³/mol. The van der Waals surface area contributed by atoms with E-state index in [2.05, 4.69) is 5.10 Å². The van der Waals surface area contributed by atoms with Gasteiger partial charge in [0.2, 0.25) is 5.67 Å². The van der Waals surface area contributed by atoms with Crippen LogP contribution in [0.5, 0.6) is 0 Å². The summed E-state index contributed by atoms with van der Waals surface area (Å²) >= 11 is 11.6. The van der Waals surface area contributed by atoms with E-state index in [0.717, 1.165) is 10.9 Å². The van der Waals surface area contributed by atoms with E-state index >= 15 is 0 Å². The minimum Gasteiger partial charge on any atom is -0.383 e. The van der Waals surface area contributed by atoms with Crippen molar-refractivity contribution in [3.05, 3.63) is 39.5 Å². The Kier molecular flexibility index (Phi) is 3.55. The maximum atomic E-state index is 14.1. The van der Waals surface area contributed by atoms with Gasteiger partial charge in [-0.3, -0.25) is 0 Å². The maximum absolute atomic E-state index is 14.1. The molecule has 0 spiro atoms. The molecular formula is C13H7Cl2F6N3. The molecule has 1 unspecified atom stereocenters. The third-order valence-corrected chi connectivity index (χ3v) is 4.29. The molecule has 0 saturated heterocycles. The van der Waals surface area contributed by atoms with Gasteiger partial charge in [-0.15, -0.1) is 0 Å². The van der Waals surface area contributed by atoms with E-state index in [1.54, 1.807) is 0 Å². The summed E-state index contributed by atoms with van der Waals surface area (Å²) in [5, 5.41) is 2.71. The van der Waals surface area contributed by atoms with Crippen molar-refractivity contribution in [2.45, 2.75) is 24.2 Å². The summed E-state index contributed by atoms with van der Waals surface area (Å²) in [7, 11) is 0. The first-order valence-corrected chi connectivity index (χ1v) is 7.11. The molecule has 0 bridgehead atoms. The van der Waals surface area contributed by atoms with E-state index < -0.39 is 51.2 Å². The molecule has 1 fully saturated rings. The molecule has 1 aromatic carbocycles. The number of benzene rings is 1. The van der Waals surface area contributed by atoms with Crippen LogP contribution in [0.3, 0.4) is 0 Å². The number of nitrogen functional groups attached to an aromatic ring is 1. The van der Waals surface area contributed by atoms with Crippen LogP contribution in [0.4, 0.5) is 32.2 Å². The molecule has 1 aromatic heterocycles. The predicted octanol–water partition coefficient (Wildman–Crippen LogP) is 4.98. The summed E-state index contributed by atoms with van der Waals surface area (Å²) in [6.45, 7) is 0. The van der Waals surface area contributed by atoms with Crippen molar-refractivity contribution in [3.8, 4) is 5.69 Å². The molecule has 1 heterocycles. The number of aromatic nitrogens is 2. The van der Waals surface area contributed by atoms with Crippen LogP contribution in [0.15, 0.2) is 18.3 Å². The van der Waals surface area contributed by atoms with Gasteiger partial charge in [0.15, 0.2) is 0 Å². The van der Waals surface area contributed by atoms with E-state index in [-0.39, 0.29) is 5.69 Å². The fourth-order valence-corrected chi connectivity index (χ4v) is 2.97. The van der Waals surface area contributed by atoms with Gasteiger partial charge in [0.1, 0.15) is 11.5 Å². The second-order valence-corrected chi connectivity index (χ2v) is 6.14. The fourth-order valence-electron chi connectivity index (χ4n) is 2.33. The van der Waals surface area contributed by atoms with Crippen LogP contribution in [0.2, 0.25) is 10.0 Å². The number of alkyl halides is 6. The SMILES string of the molecule is Nc1c(C2(F)CC2(F)F)cnn1-c1c(Cl)cc(C(F)(F)F)cc1Cl. The summed E-state index contributed by atoms with van der Waals surface area (Å²) in [6.07, 6.45) is -4.96. The van der Waals surface area contributed by atoms with Gasteiger partial charge in [0.05, 0.1) is 33.8 Å². The minimum absolute atomic E-state index is 0.261. The molecule has 3 nitrogen and oxygen atoms in total. The lowest BCUT2D eigenvalue weighted by Gasteiger charge is -2.14. The van der Waals surface area contributed by atoms with Crippen LogP contribution < -0.4 is 5.73 Å². The molecule has 1 aliphatic carbocycles. The van der Waals surface area contributed by atoms with Gasteiger partial charge in [-0.2, -0.15) is 18.3 Å². The van der Waals surface area contributed by atoms with Crippen molar-refractivity contribution in [2.24, 2.45) is 0 Å². The molecule has 24 heavy (non-hydrogen) atoms. The van der Waals surface area contributed by atoms with Gasteiger partial charge in [0, 0.05) is 0 Å². The third kappa shape index (κ3) is 2.41. The zero-order chi connectivity index (χ0) is 18.1. The average molecular weight is 390 g/mol. The highest BCUT2D eigenvalue weighted by Gasteiger charge is 2.75. The zero-order valence-electron chi connectivity index (χ0n) is 11.4. The second-order valence-electron chi connectivity index (χ2n) is 5.32. The van der Waals surface area contributed by atoms with Gasteiger partial charge in [-0.05, 0) is 12.1 Å². The number of rotatable bonds is 2. The Labute approximate surface area is 140 Å². The number of hydrogen-bond acceptors (Lipinski definition) is 2. The van der Waals surface area contributed by atoms with Gasteiger partial charge in [-0.25, -0.2) is 17.9 Å². The Morgan fingerprint density at radius 2 is 1.62 bits per heavy atom. The van der Waals surface area contributed by atoms with Crippen LogP contribution in [0.1, 0.15) is 17.5 Å². The Hall–Kier alpha value is -1.61. The Bertz CT molecular complexity index is 809. The van der Waals surface area contributed by atoms with Crippen molar-refractivity contribution in [1.29, 1.82) is 0 Å². The molecule has 2 N–H and O–H groups in total. The van der Waals surface area contributed by atoms with E-state index in [0.29, 0.717) is 12.1 Å². The van der Waals surface area contributed by atoms with Gasteiger partial charge >= 0.3 is 6.18 Å². The van der Waals surface area contributed by atoms with Crippen molar-refractivity contribution < 1.29 is 26.3 Å². The van der Waals surface area contributed by atoms with Crippen LogP contribution in [0.25, 0.3) is 5.69 Å². The highest BCUT2D eigenvalue weighted by molar-refractivity contribution is 6.38. The van der Waals surface area contributed by atoms with Crippen LogP contribution in [-0.2, 0) is 11.8 Å². The van der Waals surface area contributed by atoms with Crippen molar-refractivity contribution in [3.63, 3.8) is 0 Å². The normalized spacial score (nSPS) is 22.7. The molecule has 1 aliphatic rings. The molecule has 1 atom stereocenters. The molecule has 3 rings (SSSR count). The van der Waals surface area contributed by atoms with E-state index in [4.69, 9.17) is 28.9 Å². The smallest absolute Gasteiger partial charge is 0.383 e. The molecule has 0 radical (unpaired) electrons. The first-order valence-electron chi connectivity index (χ1n) is 6.36. The summed E-state index contributed by atoms with van der Waals surface area (Å²) < 4.78 is 79.3. The third-order valence-electron chi connectivity index (χ3n) is 3.71. The molecule has 11 heteroatoms. The van der Waals surface area contributed by atoms with E-state index in [1.165, 1.54) is 0 Å². The second kappa shape index (κ2) is 4.95. The zero-order valence-corrected chi connectivity index (χ0v) is 12.9. The largest absolute Gasteiger partial charge is 0.416 e. The molecule has 0 aliphatic heterocycles. The molecule has 0 amide bonds. The van der Waals surface area contributed by atoms with Crippen LogP contribution in [0, 0.1) is 0 Å². The number of halogens is 8. The standard InChI is InChI=1S/C13H7Cl2F6N3/c14-7-1-5(13(19,20)21)2-8(15)9(7)24-10(22)6(3-23-24)11(16)4-12(11,17)18/h1-3H,4,22H2. The van der Waals surface area contributed by atoms with Crippen molar-refractivity contribution >= 4 is 29.0 Å². The first-order chi connectivity index (χ1) is 10.9. The quantitative estimate of drug-likeness (QED) is 0.735. The van der Waals surface area contributed by atoms with Gasteiger partial charge in [0.25, 0.3) is 5.92 Å². The number of nitrogens with two attached hydrogens (primary N) is 1. The van der Waals surface area contributed by atoms with Crippen LogP contribution >= 0.6 is 23.2 Å². The lowest BCUT2D eigenvalue weighted by molar-refractivity contribution is -0.137. The van der Waals surface area contributed by atoms with E-state index in [1.807, 2.05) is 0 Å². The lowest BCUT2D eigenvalue weighted by atomic mass is 10.1. The van der Waals surface area contributed by atoms with Crippen molar-refractivity contribution in [1.82, 2.24) is 9.78 Å². The Balaban J connectivity index is 2.10. The molecule has 2 aromatic rings. The fraction of sp³-hybridized carbons (Fsp3) is 0.308. The first kappa shape index (κ1) is 17.2. The summed E-state index contributed by atoms with van der Waals surface area (Å²) in [5.41, 5.74) is 0.734. The topological polar surface area (TPSA) is 43.8 Å². The number of hydrogen-bond donors (Lipinski definition) is 1. The van der Waals surface area contributed by atoms with E-state index in [9.17, 15) is 26.3 Å². The monoisotopic (exact) mass is 389 g/mol. The lowest BCUT2D eigenvalue weighted by Crippen LogP contribution is -2.13. The van der Waals surface area contributed by atoms with Crippen LogP contribution in [-0.4, -0.2) is 15.7 Å². The van der Waals surface area contributed by atoms with Gasteiger partial charge in [-0.1, -0.05) is 23.2 Å². The average Bonchev–Trinajstić information content (AvgIpc) is 2.75. The summed E-state index contributed by atoms with van der Waals surface area (Å²) in [6, 6.07) is 1.17. The Morgan fingerprint density at radius 1 is 1.12 bits per heavy atom. The van der Waals surface area contributed by atoms with Gasteiger partial charge < -0.3 is 5.73 Å². The highest BCUT2D eigenvalue weighted by Crippen LogP contribution is 2.63. The molecule has 130 valence electrons. The summed E-state index contributed by atoms with van der Waals surface area (Å²) in [4.78, 5) is 0. The highest BCUT2D eigenvalue weighted by atomic mass is 35.5. The molecule has 1 saturated carbocycles. The number of anilines is 1. The maximum Gasteiger partial charge on any atom is 0.416 e. The molecular weight excluding hydrogens is 383 g/mol. The van der Waals surface area contributed by atoms with Crippen molar-refractivity contribution in [2.75, 3.05) is 5.73 Å². The Morgan fingerprint density at radius 3 is 2.04 bits per heavy atom. The number of nitrogens with zero attached hydrogens (tertiary/aromatic N) is 2.